The molecule has 0 spiro atoms. The van der Waals surface area contributed by atoms with Gasteiger partial charge in [-0.1, -0.05) is 28.1 Å². The Labute approximate surface area is 131 Å². The molecule has 0 atom stereocenters. The molecule has 7 heteroatoms. The molecule has 0 saturated heterocycles. The fourth-order valence-corrected chi connectivity index (χ4v) is 1.85. The summed E-state index contributed by atoms with van der Waals surface area (Å²) in [5, 5.41) is 6.34. The van der Waals surface area contributed by atoms with Gasteiger partial charge in [-0.05, 0) is 37.6 Å². The number of carbonyl (C=O) groups is 1. The van der Waals surface area contributed by atoms with Crippen LogP contribution in [0.15, 0.2) is 39.5 Å². The second kappa shape index (κ2) is 6.26. The first-order valence-electron chi connectivity index (χ1n) is 6.43. The van der Waals surface area contributed by atoms with Crippen molar-refractivity contribution in [3.05, 3.63) is 40.5 Å². The van der Waals surface area contributed by atoms with E-state index in [0.29, 0.717) is 6.54 Å². The highest BCUT2D eigenvalue weighted by atomic mass is 79.9. The first kappa shape index (κ1) is 15.5. The number of rotatable bonds is 3. The standard InChI is InChI=1S/C14H16BrN3O3/c1-14(2,3)20-13(19)16-12-9-18(17-21-12)8-10-4-6-11(15)7-5-10/h4-7,9H,8H2,1-3H3/p+1. The minimum Gasteiger partial charge on any atom is -0.444 e. The summed E-state index contributed by atoms with van der Waals surface area (Å²) < 4.78 is 12.8. The van der Waals surface area contributed by atoms with E-state index in [1.807, 2.05) is 24.3 Å². The van der Waals surface area contributed by atoms with Crippen molar-refractivity contribution in [3.8, 4) is 0 Å². The fourth-order valence-electron chi connectivity index (χ4n) is 1.59. The number of aromatic nitrogens is 2. The molecule has 0 aliphatic rings. The van der Waals surface area contributed by atoms with Gasteiger partial charge in [0.25, 0.3) is 6.20 Å². The first-order valence-corrected chi connectivity index (χ1v) is 7.22. The first-order chi connectivity index (χ1) is 9.82. The monoisotopic (exact) mass is 354 g/mol. The third-order valence-electron chi connectivity index (χ3n) is 2.39. The molecular weight excluding hydrogens is 338 g/mol. The Kier molecular flexibility index (Phi) is 4.62. The predicted molar refractivity (Wildman–Crippen MR) is 79.8 cm³/mol. The number of nitrogens with zero attached hydrogens (tertiary/aromatic N) is 2. The Balaban J connectivity index is 1.95. The highest BCUT2D eigenvalue weighted by Crippen LogP contribution is 2.11. The van der Waals surface area contributed by atoms with Crippen LogP contribution in [-0.4, -0.2) is 17.0 Å². The lowest BCUT2D eigenvalue weighted by Crippen LogP contribution is -2.35. The summed E-state index contributed by atoms with van der Waals surface area (Å²) in [4.78, 5) is 11.6. The maximum atomic E-state index is 11.6. The second-order valence-corrected chi connectivity index (χ2v) is 6.43. The molecule has 0 aliphatic heterocycles. The fraction of sp³-hybridized carbons (Fsp3) is 0.357. The van der Waals surface area contributed by atoms with Crippen LogP contribution in [0, 0.1) is 0 Å². The van der Waals surface area contributed by atoms with Gasteiger partial charge < -0.3 is 4.74 Å². The molecule has 0 saturated carbocycles. The summed E-state index contributed by atoms with van der Waals surface area (Å²) in [6.07, 6.45) is 1.03. The van der Waals surface area contributed by atoms with Crippen LogP contribution >= 0.6 is 15.9 Å². The van der Waals surface area contributed by atoms with Gasteiger partial charge in [-0.25, -0.2) is 4.79 Å². The van der Waals surface area contributed by atoms with Crippen LogP contribution in [0.1, 0.15) is 26.3 Å². The summed E-state index contributed by atoms with van der Waals surface area (Å²) in [7, 11) is 0. The van der Waals surface area contributed by atoms with Crippen molar-refractivity contribution >= 4 is 27.9 Å². The summed E-state index contributed by atoms with van der Waals surface area (Å²) in [6, 6.07) is 7.87. The number of hydrogen-bond donors (Lipinski definition) is 1. The van der Waals surface area contributed by atoms with Gasteiger partial charge in [0, 0.05) is 10.0 Å². The van der Waals surface area contributed by atoms with Crippen LogP contribution in [0.3, 0.4) is 0 Å². The minimum atomic E-state index is -0.575. The van der Waals surface area contributed by atoms with Gasteiger partial charge in [-0.15, -0.1) is 0 Å². The Bertz CT molecular complexity index is 617. The Morgan fingerprint density at radius 2 is 2.05 bits per heavy atom. The maximum absolute atomic E-state index is 11.6. The van der Waals surface area contributed by atoms with E-state index >= 15 is 0 Å². The van der Waals surface area contributed by atoms with Gasteiger partial charge >= 0.3 is 12.0 Å². The van der Waals surface area contributed by atoms with Gasteiger partial charge in [-0.2, -0.15) is 0 Å². The maximum Gasteiger partial charge on any atom is 0.414 e. The van der Waals surface area contributed by atoms with Gasteiger partial charge in [0.15, 0.2) is 0 Å². The Hall–Kier alpha value is -1.89. The van der Waals surface area contributed by atoms with E-state index in [-0.39, 0.29) is 5.88 Å². The number of halogens is 1. The number of ether oxygens (including phenoxy) is 1. The van der Waals surface area contributed by atoms with Crippen LogP contribution in [0.2, 0.25) is 0 Å². The van der Waals surface area contributed by atoms with E-state index in [1.54, 1.807) is 31.6 Å². The number of nitrogens with one attached hydrogen (secondary N) is 1. The largest absolute Gasteiger partial charge is 0.444 e. The van der Waals surface area contributed by atoms with E-state index in [9.17, 15) is 4.79 Å². The molecule has 1 aromatic heterocycles. The van der Waals surface area contributed by atoms with Crippen LogP contribution in [0.5, 0.6) is 0 Å². The highest BCUT2D eigenvalue weighted by Gasteiger charge is 2.20. The van der Waals surface area contributed by atoms with Crippen LogP contribution in [-0.2, 0) is 11.3 Å². The molecule has 0 aliphatic carbocycles. The molecule has 112 valence electrons. The molecule has 1 heterocycles. The number of carbonyl (C=O) groups excluding carboxylic acids is 1. The Morgan fingerprint density at radius 3 is 2.67 bits per heavy atom. The summed E-state index contributed by atoms with van der Waals surface area (Å²) in [6.45, 7) is 5.93. The zero-order valence-corrected chi connectivity index (χ0v) is 13.7. The van der Waals surface area contributed by atoms with E-state index in [4.69, 9.17) is 9.26 Å². The van der Waals surface area contributed by atoms with Crippen LogP contribution < -0.4 is 10.00 Å². The van der Waals surface area contributed by atoms with Gasteiger partial charge in [-0.3, -0.25) is 9.84 Å². The predicted octanol–water partition coefficient (Wildman–Crippen LogP) is 3.12. The van der Waals surface area contributed by atoms with E-state index in [0.717, 1.165) is 10.0 Å². The zero-order chi connectivity index (χ0) is 15.5. The molecule has 0 unspecified atom stereocenters. The lowest BCUT2D eigenvalue weighted by Gasteiger charge is -2.18. The Morgan fingerprint density at radius 1 is 1.38 bits per heavy atom. The molecule has 6 nitrogen and oxygen atoms in total. The molecule has 2 aromatic rings. The summed E-state index contributed by atoms with van der Waals surface area (Å²) in [5.74, 6) is 0.237. The molecule has 1 N–H and O–H groups in total. The molecule has 0 fully saturated rings. The van der Waals surface area contributed by atoms with Crippen LogP contribution in [0.25, 0.3) is 0 Å². The molecule has 2 rings (SSSR count). The smallest absolute Gasteiger partial charge is 0.414 e. The summed E-state index contributed by atoms with van der Waals surface area (Å²) in [5.41, 5.74) is 0.512. The quantitative estimate of drug-likeness (QED) is 0.859. The second-order valence-electron chi connectivity index (χ2n) is 5.52. The lowest BCUT2D eigenvalue weighted by atomic mass is 10.2. The van der Waals surface area contributed by atoms with Gasteiger partial charge in [0.1, 0.15) is 5.60 Å². The third kappa shape index (κ3) is 5.18. The molecule has 1 aromatic carbocycles. The highest BCUT2D eigenvalue weighted by molar-refractivity contribution is 9.10. The van der Waals surface area contributed by atoms with Crippen molar-refractivity contribution in [3.63, 3.8) is 0 Å². The number of amides is 1. The van der Waals surface area contributed by atoms with Crippen LogP contribution in [0.4, 0.5) is 10.7 Å². The molecule has 0 bridgehead atoms. The third-order valence-corrected chi connectivity index (χ3v) is 2.92. The normalized spacial score (nSPS) is 11.2. The van der Waals surface area contributed by atoms with Crippen molar-refractivity contribution in [1.82, 2.24) is 5.27 Å². The van der Waals surface area contributed by atoms with Gasteiger partial charge in [0.05, 0.1) is 0 Å². The van der Waals surface area contributed by atoms with Crippen molar-refractivity contribution in [1.29, 1.82) is 0 Å². The number of benzene rings is 1. The average Bonchev–Trinajstić information content (AvgIpc) is 2.77. The molecular formula is C14H17BrN3O3+. The van der Waals surface area contributed by atoms with Crippen molar-refractivity contribution < 1.29 is 18.7 Å². The lowest BCUT2D eigenvalue weighted by molar-refractivity contribution is -0.754. The minimum absolute atomic E-state index is 0.237. The topological polar surface area (TPSA) is 68.2 Å². The molecule has 21 heavy (non-hydrogen) atoms. The number of anilines is 1. The van der Waals surface area contributed by atoms with Gasteiger partial charge in [0.2, 0.25) is 11.8 Å². The average molecular weight is 355 g/mol. The SMILES string of the molecule is CC(C)(C)OC(=O)Nc1c[n+](Cc2ccc(Br)cc2)no1. The van der Waals surface area contributed by atoms with Crippen molar-refractivity contribution in [2.45, 2.75) is 32.9 Å². The van der Waals surface area contributed by atoms with E-state index in [2.05, 4.69) is 26.5 Å². The summed E-state index contributed by atoms with van der Waals surface area (Å²) >= 11 is 3.38. The van der Waals surface area contributed by atoms with Crippen molar-refractivity contribution in [2.75, 3.05) is 5.32 Å². The van der Waals surface area contributed by atoms with E-state index < -0.39 is 11.7 Å². The molecule has 1 amide bonds. The number of hydrogen-bond acceptors (Lipinski definition) is 4. The zero-order valence-electron chi connectivity index (χ0n) is 12.1. The van der Waals surface area contributed by atoms with E-state index in [1.165, 1.54) is 0 Å². The molecule has 0 radical (unpaired) electrons. The van der Waals surface area contributed by atoms with Crippen molar-refractivity contribution in [2.24, 2.45) is 0 Å².